The molecule has 1 atom stereocenters. The highest BCUT2D eigenvalue weighted by Crippen LogP contribution is 2.18. The Labute approximate surface area is 133 Å². The lowest BCUT2D eigenvalue weighted by Crippen LogP contribution is -2.39. The zero-order chi connectivity index (χ0) is 15.6. The predicted octanol–water partition coefficient (Wildman–Crippen LogP) is 5.86. The maximum absolute atomic E-state index is 3.92. The minimum Gasteiger partial charge on any atom is -0.103 e. The summed E-state index contributed by atoms with van der Waals surface area (Å²) >= 11 is 0. The fourth-order valence-electron chi connectivity index (χ4n) is 2.68. The largest absolute Gasteiger partial charge is 0.103 e. The molecule has 0 N–H and O–H groups in total. The molecule has 0 amide bonds. The van der Waals surface area contributed by atoms with Crippen LogP contribution in [0.1, 0.15) is 45.4 Å². The Kier molecular flexibility index (Phi) is 8.37. The second-order valence-corrected chi connectivity index (χ2v) is 10.9. The van der Waals surface area contributed by atoms with Crippen molar-refractivity contribution in [3.63, 3.8) is 0 Å². The molecule has 1 heteroatoms. The number of unbranched alkanes of at least 4 members (excludes halogenated alkanes) is 3. The van der Waals surface area contributed by atoms with E-state index in [2.05, 4.69) is 74.8 Å². The van der Waals surface area contributed by atoms with E-state index in [1.807, 2.05) is 0 Å². The molecule has 0 aliphatic heterocycles. The van der Waals surface area contributed by atoms with Crippen LogP contribution in [0.15, 0.2) is 54.8 Å². The summed E-state index contributed by atoms with van der Waals surface area (Å²) in [7, 11) is -1.44. The van der Waals surface area contributed by atoms with Gasteiger partial charge in [0.2, 0.25) is 0 Å². The Bertz CT molecular complexity index is 417. The number of hydrogen-bond acceptors (Lipinski definition) is 0. The van der Waals surface area contributed by atoms with E-state index in [9.17, 15) is 0 Å². The standard InChI is InChI=1S/C20H32Si/c1-5-7-8-10-14-19(13-6-2)17-18-21(3,4)20-15-11-9-12-16-20/h6,9,11-12,15-19H,2,5,7-8,10,13-14H2,1,3-4H3/b18-17-. The van der Waals surface area contributed by atoms with Crippen molar-refractivity contribution in [3.05, 3.63) is 54.8 Å². The van der Waals surface area contributed by atoms with Crippen LogP contribution >= 0.6 is 0 Å². The Morgan fingerprint density at radius 2 is 1.81 bits per heavy atom. The van der Waals surface area contributed by atoms with Gasteiger partial charge in [-0.3, -0.25) is 0 Å². The van der Waals surface area contributed by atoms with Gasteiger partial charge >= 0.3 is 0 Å². The summed E-state index contributed by atoms with van der Waals surface area (Å²) in [6.45, 7) is 11.1. The molecule has 1 aromatic rings. The molecule has 0 nitrogen and oxygen atoms in total. The van der Waals surface area contributed by atoms with Crippen LogP contribution in [-0.2, 0) is 0 Å². The number of benzene rings is 1. The van der Waals surface area contributed by atoms with Gasteiger partial charge in [-0.15, -0.1) is 6.58 Å². The third-order valence-electron chi connectivity index (χ3n) is 4.20. The molecule has 1 aromatic carbocycles. The second-order valence-electron chi connectivity index (χ2n) is 6.58. The van der Waals surface area contributed by atoms with E-state index >= 15 is 0 Å². The van der Waals surface area contributed by atoms with Crippen molar-refractivity contribution in [2.75, 3.05) is 0 Å². The highest BCUT2D eigenvalue weighted by molar-refractivity contribution is 6.93. The van der Waals surface area contributed by atoms with Crippen LogP contribution in [0.2, 0.25) is 13.1 Å². The molecule has 0 aromatic heterocycles. The third kappa shape index (κ3) is 6.95. The van der Waals surface area contributed by atoms with Gasteiger partial charge in [0.1, 0.15) is 8.07 Å². The van der Waals surface area contributed by atoms with Crippen LogP contribution in [-0.4, -0.2) is 8.07 Å². The lowest BCUT2D eigenvalue weighted by Gasteiger charge is -2.20. The summed E-state index contributed by atoms with van der Waals surface area (Å²) in [5.41, 5.74) is 2.52. The highest BCUT2D eigenvalue weighted by atomic mass is 28.3. The summed E-state index contributed by atoms with van der Waals surface area (Å²) in [6.07, 6.45) is 12.4. The molecule has 0 aliphatic carbocycles. The fourth-order valence-corrected chi connectivity index (χ4v) is 4.68. The smallest absolute Gasteiger partial charge is 0.103 e. The number of rotatable bonds is 10. The van der Waals surface area contributed by atoms with Crippen LogP contribution in [0, 0.1) is 5.92 Å². The van der Waals surface area contributed by atoms with E-state index in [1.54, 1.807) is 0 Å². The van der Waals surface area contributed by atoms with Gasteiger partial charge in [-0.05, 0) is 18.8 Å². The van der Waals surface area contributed by atoms with E-state index in [0.717, 1.165) is 6.42 Å². The molecular formula is C20H32Si. The van der Waals surface area contributed by atoms with E-state index in [4.69, 9.17) is 0 Å². The number of hydrogen-bond donors (Lipinski definition) is 0. The quantitative estimate of drug-likeness (QED) is 0.288. The molecular weight excluding hydrogens is 268 g/mol. The Morgan fingerprint density at radius 1 is 1.10 bits per heavy atom. The summed E-state index contributed by atoms with van der Waals surface area (Å²) in [6, 6.07) is 11.0. The lowest BCUT2D eigenvalue weighted by molar-refractivity contribution is 0.535. The average Bonchev–Trinajstić information content (AvgIpc) is 2.50. The van der Waals surface area contributed by atoms with Crippen molar-refractivity contribution >= 4 is 13.3 Å². The molecule has 116 valence electrons. The minimum atomic E-state index is -1.44. The highest BCUT2D eigenvalue weighted by Gasteiger charge is 2.19. The molecule has 0 fully saturated rings. The topological polar surface area (TPSA) is 0 Å². The lowest BCUT2D eigenvalue weighted by atomic mass is 9.98. The molecule has 1 rings (SSSR count). The maximum atomic E-state index is 3.92. The third-order valence-corrected chi connectivity index (χ3v) is 7.05. The van der Waals surface area contributed by atoms with Crippen molar-refractivity contribution in [1.82, 2.24) is 0 Å². The number of allylic oxidation sites excluding steroid dienone is 2. The van der Waals surface area contributed by atoms with Crippen LogP contribution in [0.5, 0.6) is 0 Å². The zero-order valence-electron chi connectivity index (χ0n) is 14.1. The van der Waals surface area contributed by atoms with Gasteiger partial charge in [-0.2, -0.15) is 0 Å². The Morgan fingerprint density at radius 3 is 2.43 bits per heavy atom. The van der Waals surface area contributed by atoms with Crippen LogP contribution in [0.25, 0.3) is 0 Å². The molecule has 0 saturated carbocycles. The average molecular weight is 301 g/mol. The first-order chi connectivity index (χ1) is 10.1. The SMILES string of the molecule is C=CCC(/C=C\[Si](C)(C)c1ccccc1)CCCCCC. The summed E-state index contributed by atoms with van der Waals surface area (Å²) in [4.78, 5) is 0. The first-order valence-corrected chi connectivity index (χ1v) is 11.5. The maximum Gasteiger partial charge on any atom is 0.103 e. The van der Waals surface area contributed by atoms with Gasteiger partial charge in [0, 0.05) is 0 Å². The summed E-state index contributed by atoms with van der Waals surface area (Å²) < 4.78 is 0. The van der Waals surface area contributed by atoms with Crippen LogP contribution < -0.4 is 5.19 Å². The van der Waals surface area contributed by atoms with Gasteiger partial charge in [-0.1, -0.05) is 99.1 Å². The van der Waals surface area contributed by atoms with E-state index in [1.165, 1.54) is 37.3 Å². The fraction of sp³-hybridized carbons (Fsp3) is 0.500. The van der Waals surface area contributed by atoms with Gasteiger partial charge in [0.25, 0.3) is 0 Å². The van der Waals surface area contributed by atoms with Crippen molar-refractivity contribution < 1.29 is 0 Å². The molecule has 0 heterocycles. The minimum absolute atomic E-state index is 0.676. The molecule has 0 saturated heterocycles. The Hall–Kier alpha value is -1.08. The van der Waals surface area contributed by atoms with Gasteiger partial charge in [0.15, 0.2) is 0 Å². The molecule has 0 radical (unpaired) electrons. The van der Waals surface area contributed by atoms with E-state index in [-0.39, 0.29) is 0 Å². The Balaban J connectivity index is 2.61. The first-order valence-electron chi connectivity index (χ1n) is 8.46. The summed E-state index contributed by atoms with van der Waals surface area (Å²) in [5.74, 6) is 0.676. The van der Waals surface area contributed by atoms with Crippen LogP contribution in [0.4, 0.5) is 0 Å². The van der Waals surface area contributed by atoms with Crippen molar-refractivity contribution in [2.24, 2.45) is 5.92 Å². The molecule has 21 heavy (non-hydrogen) atoms. The molecule has 0 aliphatic rings. The monoisotopic (exact) mass is 300 g/mol. The molecule has 0 bridgehead atoms. The molecule has 0 spiro atoms. The first kappa shape index (κ1) is 18.0. The predicted molar refractivity (Wildman–Crippen MR) is 99.8 cm³/mol. The second kappa shape index (κ2) is 9.78. The molecule has 1 unspecified atom stereocenters. The van der Waals surface area contributed by atoms with Gasteiger partial charge in [-0.25, -0.2) is 0 Å². The van der Waals surface area contributed by atoms with Gasteiger partial charge < -0.3 is 0 Å². The zero-order valence-corrected chi connectivity index (χ0v) is 15.1. The normalized spacial score (nSPS) is 13.5. The summed E-state index contributed by atoms with van der Waals surface area (Å²) in [5, 5.41) is 1.52. The van der Waals surface area contributed by atoms with Crippen molar-refractivity contribution in [1.29, 1.82) is 0 Å². The van der Waals surface area contributed by atoms with Crippen molar-refractivity contribution in [2.45, 2.75) is 58.5 Å². The van der Waals surface area contributed by atoms with Gasteiger partial charge in [0.05, 0.1) is 0 Å². The van der Waals surface area contributed by atoms with E-state index in [0.29, 0.717) is 5.92 Å². The van der Waals surface area contributed by atoms with Crippen LogP contribution in [0.3, 0.4) is 0 Å². The van der Waals surface area contributed by atoms with E-state index < -0.39 is 8.07 Å². The van der Waals surface area contributed by atoms with Crippen molar-refractivity contribution in [3.8, 4) is 0 Å².